The maximum Gasteiger partial charge on any atom is 0.332 e. The van der Waals surface area contributed by atoms with E-state index in [1.54, 1.807) is 13.8 Å². The first-order valence-corrected chi connectivity index (χ1v) is 3.79. The largest absolute Gasteiger partial charge is 0.461 e. The molecule has 0 aromatic carbocycles. The summed E-state index contributed by atoms with van der Waals surface area (Å²) in [5.74, 6) is -0.543. The third-order valence-electron chi connectivity index (χ3n) is 0.892. The summed E-state index contributed by atoms with van der Waals surface area (Å²) in [5, 5.41) is 0. The summed E-state index contributed by atoms with van der Waals surface area (Å²) in [7, 11) is 0. The van der Waals surface area contributed by atoms with Gasteiger partial charge in [0.25, 0.3) is 0 Å². The minimum Gasteiger partial charge on any atom is -0.461 e. The van der Waals surface area contributed by atoms with Crippen LogP contribution in [0, 0.1) is 0 Å². The average Bonchev–Trinajstić information content (AvgIpc) is 1.84. The molecule has 70 valence electrons. The Kier molecular flexibility index (Phi) is 5.28. The van der Waals surface area contributed by atoms with E-state index in [4.69, 9.17) is 9.47 Å². The number of ether oxygens (including phenoxy) is 2. The molecule has 0 rings (SSSR count). The second-order valence-corrected chi connectivity index (χ2v) is 2.73. The average molecular weight is 174 g/mol. The Labute approximate surface area is 71.8 Å². The van der Waals surface area contributed by atoms with Crippen molar-refractivity contribution in [2.75, 3.05) is 13.2 Å². The first-order chi connectivity index (χ1) is 5.52. The Morgan fingerprint density at radius 2 is 1.83 bits per heavy atom. The van der Waals surface area contributed by atoms with Gasteiger partial charge in [-0.25, -0.2) is 4.79 Å². The second kappa shape index (κ2) is 5.71. The maximum absolute atomic E-state index is 10.8. The van der Waals surface area contributed by atoms with E-state index < -0.39 is 5.97 Å². The molecule has 0 unspecified atom stereocenters. The Hall–Kier alpha value is -0.900. The van der Waals surface area contributed by atoms with Crippen molar-refractivity contribution in [1.82, 2.24) is 0 Å². The topological polar surface area (TPSA) is 52.6 Å². The summed E-state index contributed by atoms with van der Waals surface area (Å²) >= 11 is 0. The lowest BCUT2D eigenvalue weighted by atomic mass is 10.5. The third-order valence-corrected chi connectivity index (χ3v) is 0.892. The monoisotopic (exact) mass is 174 g/mol. The number of Topliss-reactive ketones (excluding diaryl/α,β-unsaturated/α-hetero) is 1. The molecule has 0 bridgehead atoms. The van der Waals surface area contributed by atoms with E-state index in [0.717, 1.165) is 0 Å². The molecule has 0 fully saturated rings. The number of esters is 1. The first kappa shape index (κ1) is 11.1. The van der Waals surface area contributed by atoms with Crippen LogP contribution in [0.25, 0.3) is 0 Å². The van der Waals surface area contributed by atoms with Crippen LogP contribution in [-0.2, 0) is 19.1 Å². The van der Waals surface area contributed by atoms with Crippen molar-refractivity contribution in [2.45, 2.75) is 26.9 Å². The van der Waals surface area contributed by atoms with E-state index in [1.807, 2.05) is 0 Å². The van der Waals surface area contributed by atoms with Crippen LogP contribution in [0.1, 0.15) is 20.8 Å². The first-order valence-electron chi connectivity index (χ1n) is 3.79. The normalized spacial score (nSPS) is 10.0. The van der Waals surface area contributed by atoms with Gasteiger partial charge in [-0.15, -0.1) is 0 Å². The number of carbonyl (C=O) groups excluding carboxylic acids is 2. The molecule has 0 aliphatic rings. The van der Waals surface area contributed by atoms with Crippen LogP contribution in [0.5, 0.6) is 0 Å². The van der Waals surface area contributed by atoms with Gasteiger partial charge in [0.15, 0.2) is 5.78 Å². The number of hydrogen-bond donors (Lipinski definition) is 0. The highest BCUT2D eigenvalue weighted by Gasteiger charge is 2.05. The summed E-state index contributed by atoms with van der Waals surface area (Å²) in [6.45, 7) is 4.71. The van der Waals surface area contributed by atoms with Crippen LogP contribution < -0.4 is 0 Å². The Morgan fingerprint density at radius 3 is 2.25 bits per heavy atom. The number of carbonyl (C=O) groups is 2. The molecule has 0 amide bonds. The Bertz CT molecular complexity index is 162. The highest BCUT2D eigenvalue weighted by Crippen LogP contribution is 1.89. The SMILES string of the molecule is CC(=O)COCC(=O)OC(C)C. The Balaban J connectivity index is 3.38. The van der Waals surface area contributed by atoms with Gasteiger partial charge < -0.3 is 9.47 Å². The summed E-state index contributed by atoms with van der Waals surface area (Å²) in [6.07, 6.45) is -0.140. The number of hydrogen-bond acceptors (Lipinski definition) is 4. The molecule has 0 aromatic rings. The zero-order chi connectivity index (χ0) is 9.56. The van der Waals surface area contributed by atoms with Gasteiger partial charge in [0, 0.05) is 0 Å². The van der Waals surface area contributed by atoms with Crippen molar-refractivity contribution in [1.29, 1.82) is 0 Å². The van der Waals surface area contributed by atoms with E-state index in [2.05, 4.69) is 0 Å². The highest BCUT2D eigenvalue weighted by atomic mass is 16.6. The van der Waals surface area contributed by atoms with Crippen molar-refractivity contribution >= 4 is 11.8 Å². The molecule has 0 aliphatic heterocycles. The van der Waals surface area contributed by atoms with Gasteiger partial charge in [-0.1, -0.05) is 0 Å². The predicted molar refractivity (Wildman–Crippen MR) is 42.7 cm³/mol. The van der Waals surface area contributed by atoms with Gasteiger partial charge in [0.05, 0.1) is 6.10 Å². The van der Waals surface area contributed by atoms with Crippen molar-refractivity contribution < 1.29 is 19.1 Å². The molecule has 0 saturated heterocycles. The van der Waals surface area contributed by atoms with E-state index in [-0.39, 0.29) is 25.1 Å². The zero-order valence-corrected chi connectivity index (χ0v) is 7.62. The third kappa shape index (κ3) is 7.21. The quantitative estimate of drug-likeness (QED) is 0.571. The minimum atomic E-state index is -0.439. The summed E-state index contributed by atoms with van der Waals surface area (Å²) in [6, 6.07) is 0. The molecule has 0 heterocycles. The van der Waals surface area contributed by atoms with E-state index in [1.165, 1.54) is 6.92 Å². The zero-order valence-electron chi connectivity index (χ0n) is 7.62. The summed E-state index contributed by atoms with van der Waals surface area (Å²) < 4.78 is 9.49. The lowest BCUT2D eigenvalue weighted by molar-refractivity contribution is -0.153. The molecule has 4 nitrogen and oxygen atoms in total. The van der Waals surface area contributed by atoms with Crippen LogP contribution in [-0.4, -0.2) is 31.1 Å². The van der Waals surface area contributed by atoms with Gasteiger partial charge in [-0.05, 0) is 20.8 Å². The van der Waals surface area contributed by atoms with Gasteiger partial charge >= 0.3 is 5.97 Å². The summed E-state index contributed by atoms with van der Waals surface area (Å²) in [5.41, 5.74) is 0. The van der Waals surface area contributed by atoms with Gasteiger partial charge in [0.2, 0.25) is 0 Å². The van der Waals surface area contributed by atoms with Crippen molar-refractivity contribution in [2.24, 2.45) is 0 Å². The van der Waals surface area contributed by atoms with Crippen LogP contribution in [0.15, 0.2) is 0 Å². The molecular formula is C8H14O4. The fraction of sp³-hybridized carbons (Fsp3) is 0.750. The van der Waals surface area contributed by atoms with Crippen molar-refractivity contribution in [3.63, 3.8) is 0 Å². The molecule has 0 saturated carbocycles. The van der Waals surface area contributed by atoms with Gasteiger partial charge in [0.1, 0.15) is 13.2 Å². The highest BCUT2D eigenvalue weighted by molar-refractivity contribution is 5.77. The van der Waals surface area contributed by atoms with Crippen LogP contribution in [0.3, 0.4) is 0 Å². The second-order valence-electron chi connectivity index (χ2n) is 2.73. The molecule has 0 aliphatic carbocycles. The molecule has 0 aromatic heterocycles. The fourth-order valence-corrected chi connectivity index (χ4v) is 0.575. The standard InChI is InChI=1S/C8H14O4/c1-6(2)12-8(10)5-11-4-7(3)9/h6H,4-5H2,1-3H3. The van der Waals surface area contributed by atoms with Gasteiger partial charge in [-0.2, -0.15) is 0 Å². The molecule has 0 N–H and O–H groups in total. The predicted octanol–water partition coefficient (Wildman–Crippen LogP) is 0.544. The molecule has 0 atom stereocenters. The van der Waals surface area contributed by atoms with Crippen molar-refractivity contribution in [3.8, 4) is 0 Å². The van der Waals surface area contributed by atoms with Crippen molar-refractivity contribution in [3.05, 3.63) is 0 Å². The van der Waals surface area contributed by atoms with Crippen LogP contribution >= 0.6 is 0 Å². The van der Waals surface area contributed by atoms with E-state index in [9.17, 15) is 9.59 Å². The molecule has 12 heavy (non-hydrogen) atoms. The maximum atomic E-state index is 10.8. The molecular weight excluding hydrogens is 160 g/mol. The molecule has 0 radical (unpaired) electrons. The number of rotatable bonds is 5. The fourth-order valence-electron chi connectivity index (χ4n) is 0.575. The lowest BCUT2D eigenvalue weighted by Gasteiger charge is -2.07. The van der Waals surface area contributed by atoms with Crippen LogP contribution in [0.2, 0.25) is 0 Å². The Morgan fingerprint density at radius 1 is 1.25 bits per heavy atom. The van der Waals surface area contributed by atoms with E-state index in [0.29, 0.717) is 0 Å². The summed E-state index contributed by atoms with van der Waals surface area (Å²) in [4.78, 5) is 21.1. The smallest absolute Gasteiger partial charge is 0.332 e. The molecule has 0 spiro atoms. The van der Waals surface area contributed by atoms with Gasteiger partial charge in [-0.3, -0.25) is 4.79 Å². The van der Waals surface area contributed by atoms with Crippen LogP contribution in [0.4, 0.5) is 0 Å². The van der Waals surface area contributed by atoms with E-state index >= 15 is 0 Å². The number of ketones is 1. The minimum absolute atomic E-state index is 0.0345. The lowest BCUT2D eigenvalue weighted by Crippen LogP contribution is -2.18. The molecule has 4 heteroatoms.